The minimum Gasteiger partial charge on any atom is -0.342 e. The monoisotopic (exact) mass is 342 g/mol. The maximum Gasteiger partial charge on any atom is 0.222 e. The number of carbonyl (C=O) groups excluding carboxylic acids is 1. The number of nitrogens with zero attached hydrogens (tertiary/aromatic N) is 5. The van der Waals surface area contributed by atoms with Crippen molar-refractivity contribution in [2.75, 3.05) is 19.6 Å². The summed E-state index contributed by atoms with van der Waals surface area (Å²) in [5, 5.41) is 4.73. The first-order chi connectivity index (χ1) is 12.3. The van der Waals surface area contributed by atoms with Crippen molar-refractivity contribution in [3.05, 3.63) is 18.1 Å². The zero-order valence-electron chi connectivity index (χ0n) is 14.6. The number of amides is 1. The smallest absolute Gasteiger partial charge is 0.222 e. The number of likely N-dealkylation sites (tertiary alicyclic amines) is 1. The van der Waals surface area contributed by atoms with E-state index in [2.05, 4.69) is 9.97 Å². The zero-order valence-corrected chi connectivity index (χ0v) is 14.6. The minimum atomic E-state index is 0.241. The Kier molecular flexibility index (Phi) is 4.65. The number of hydrogen-bond donors (Lipinski definition) is 1. The molecule has 1 aliphatic heterocycles. The van der Waals surface area contributed by atoms with Crippen LogP contribution in [0.15, 0.2) is 12.4 Å². The van der Waals surface area contributed by atoms with E-state index in [1.807, 2.05) is 9.58 Å². The molecule has 25 heavy (non-hydrogen) atoms. The Morgan fingerprint density at radius 3 is 2.80 bits per heavy atom. The van der Waals surface area contributed by atoms with Gasteiger partial charge < -0.3 is 10.6 Å². The first-order valence-electron chi connectivity index (χ1n) is 9.41. The van der Waals surface area contributed by atoms with Crippen LogP contribution in [-0.2, 0) is 11.3 Å². The number of carbonyl (C=O) groups is 1. The fourth-order valence-corrected chi connectivity index (χ4v) is 4.28. The van der Waals surface area contributed by atoms with E-state index >= 15 is 0 Å². The average molecular weight is 342 g/mol. The molecule has 2 aromatic heterocycles. The van der Waals surface area contributed by atoms with Gasteiger partial charge in [-0.2, -0.15) is 5.10 Å². The fourth-order valence-electron chi connectivity index (χ4n) is 4.28. The van der Waals surface area contributed by atoms with Crippen molar-refractivity contribution in [1.29, 1.82) is 0 Å². The summed E-state index contributed by atoms with van der Waals surface area (Å²) >= 11 is 0. The summed E-state index contributed by atoms with van der Waals surface area (Å²) in [6.07, 6.45) is 10.1. The Balaban J connectivity index is 1.49. The molecule has 1 aliphatic carbocycles. The summed E-state index contributed by atoms with van der Waals surface area (Å²) in [7, 11) is 0. The van der Waals surface area contributed by atoms with Crippen molar-refractivity contribution in [2.45, 2.75) is 51.0 Å². The molecule has 0 radical (unpaired) electrons. The summed E-state index contributed by atoms with van der Waals surface area (Å²) in [6.45, 7) is 2.72. The molecule has 0 aromatic carbocycles. The summed E-state index contributed by atoms with van der Waals surface area (Å²) in [6, 6.07) is 0. The highest BCUT2D eigenvalue weighted by Gasteiger charge is 2.32. The molecule has 4 rings (SSSR count). The third kappa shape index (κ3) is 3.25. The summed E-state index contributed by atoms with van der Waals surface area (Å²) < 4.78 is 1.85. The maximum atomic E-state index is 12.6. The van der Waals surface area contributed by atoms with Crippen LogP contribution in [0.5, 0.6) is 0 Å². The summed E-state index contributed by atoms with van der Waals surface area (Å²) in [5.41, 5.74) is 8.30. The van der Waals surface area contributed by atoms with E-state index in [1.165, 1.54) is 25.7 Å². The van der Waals surface area contributed by atoms with Crippen LogP contribution in [-0.4, -0.2) is 50.2 Å². The molecule has 2 fully saturated rings. The van der Waals surface area contributed by atoms with Crippen molar-refractivity contribution in [3.8, 4) is 0 Å². The highest BCUT2D eigenvalue weighted by atomic mass is 16.2. The molecule has 1 saturated heterocycles. The first-order valence-corrected chi connectivity index (χ1v) is 9.41. The number of fused-ring (bicyclic) bond motifs is 1. The lowest BCUT2D eigenvalue weighted by atomic mass is 10.0. The zero-order chi connectivity index (χ0) is 17.2. The molecule has 0 spiro atoms. The number of rotatable bonds is 5. The van der Waals surface area contributed by atoms with Gasteiger partial charge in [0.1, 0.15) is 5.52 Å². The molecular weight excluding hydrogens is 316 g/mol. The highest BCUT2D eigenvalue weighted by molar-refractivity contribution is 5.78. The predicted molar refractivity (Wildman–Crippen MR) is 94.9 cm³/mol. The van der Waals surface area contributed by atoms with E-state index in [0.717, 1.165) is 42.8 Å². The second-order valence-electron chi connectivity index (χ2n) is 7.31. The van der Waals surface area contributed by atoms with Crippen LogP contribution in [0.4, 0.5) is 0 Å². The van der Waals surface area contributed by atoms with Gasteiger partial charge in [-0.3, -0.25) is 4.79 Å². The molecule has 1 unspecified atom stereocenters. The van der Waals surface area contributed by atoms with Gasteiger partial charge in [0.05, 0.1) is 12.2 Å². The van der Waals surface area contributed by atoms with Crippen LogP contribution in [0.25, 0.3) is 11.2 Å². The lowest BCUT2D eigenvalue weighted by molar-refractivity contribution is -0.131. The standard InChI is InChI=1S/C18H26N6O/c19-6-10-24-18-17(20-7-8-21-18)16(22-24)14-5-9-23(12-14)15(25)11-13-3-1-2-4-13/h7-8,13-14H,1-6,9-12,19H2. The third-order valence-corrected chi connectivity index (χ3v) is 5.60. The van der Waals surface area contributed by atoms with Gasteiger partial charge in [-0.05, 0) is 25.2 Å². The number of aromatic nitrogens is 4. The maximum absolute atomic E-state index is 12.6. The normalized spacial score (nSPS) is 21.5. The fraction of sp³-hybridized carbons (Fsp3) is 0.667. The van der Waals surface area contributed by atoms with Crippen molar-refractivity contribution >= 4 is 17.1 Å². The van der Waals surface area contributed by atoms with Crippen LogP contribution >= 0.6 is 0 Å². The summed E-state index contributed by atoms with van der Waals surface area (Å²) in [5.74, 6) is 1.15. The van der Waals surface area contributed by atoms with Gasteiger partial charge in [-0.1, -0.05) is 12.8 Å². The highest BCUT2D eigenvalue weighted by Crippen LogP contribution is 2.32. The Bertz CT molecular complexity index is 751. The second-order valence-corrected chi connectivity index (χ2v) is 7.31. The molecule has 2 aromatic rings. The molecule has 1 saturated carbocycles. The quantitative estimate of drug-likeness (QED) is 0.893. The van der Waals surface area contributed by atoms with Crippen LogP contribution in [0, 0.1) is 5.92 Å². The summed E-state index contributed by atoms with van der Waals surface area (Å²) in [4.78, 5) is 23.5. The van der Waals surface area contributed by atoms with Gasteiger partial charge in [0.25, 0.3) is 0 Å². The van der Waals surface area contributed by atoms with Crippen molar-refractivity contribution in [2.24, 2.45) is 11.7 Å². The van der Waals surface area contributed by atoms with Crippen LogP contribution < -0.4 is 5.73 Å². The lowest BCUT2D eigenvalue weighted by Gasteiger charge is -2.18. The van der Waals surface area contributed by atoms with E-state index in [9.17, 15) is 4.79 Å². The Morgan fingerprint density at radius 1 is 1.20 bits per heavy atom. The third-order valence-electron chi connectivity index (χ3n) is 5.60. The van der Waals surface area contributed by atoms with E-state index in [1.54, 1.807) is 12.4 Å². The Morgan fingerprint density at radius 2 is 2.00 bits per heavy atom. The Labute approximate surface area is 147 Å². The SMILES string of the molecule is NCCn1nc(C2CCN(C(=O)CC3CCCC3)C2)c2nccnc21. The number of nitrogens with two attached hydrogens (primary N) is 1. The van der Waals surface area contributed by atoms with Crippen LogP contribution in [0.2, 0.25) is 0 Å². The molecule has 134 valence electrons. The van der Waals surface area contributed by atoms with Gasteiger partial charge in [0.15, 0.2) is 5.65 Å². The van der Waals surface area contributed by atoms with Crippen molar-refractivity contribution in [1.82, 2.24) is 24.6 Å². The molecule has 2 aliphatic rings. The molecule has 0 bridgehead atoms. The van der Waals surface area contributed by atoms with E-state index in [4.69, 9.17) is 10.8 Å². The molecule has 3 heterocycles. The molecule has 1 atom stereocenters. The largest absolute Gasteiger partial charge is 0.342 e. The predicted octanol–water partition coefficient (Wildman–Crippen LogP) is 1.68. The van der Waals surface area contributed by atoms with E-state index in [-0.39, 0.29) is 5.92 Å². The molecule has 7 heteroatoms. The van der Waals surface area contributed by atoms with Crippen LogP contribution in [0.3, 0.4) is 0 Å². The lowest BCUT2D eigenvalue weighted by Crippen LogP contribution is -2.29. The topological polar surface area (TPSA) is 89.9 Å². The van der Waals surface area contributed by atoms with Gasteiger partial charge in [-0.25, -0.2) is 14.6 Å². The molecule has 2 N–H and O–H groups in total. The van der Waals surface area contributed by atoms with Gasteiger partial charge in [-0.15, -0.1) is 0 Å². The molecule has 1 amide bonds. The van der Waals surface area contributed by atoms with Gasteiger partial charge >= 0.3 is 0 Å². The van der Waals surface area contributed by atoms with E-state index < -0.39 is 0 Å². The Hall–Kier alpha value is -2.02. The second kappa shape index (κ2) is 7.07. The molecule has 7 nitrogen and oxygen atoms in total. The number of hydrogen-bond acceptors (Lipinski definition) is 5. The van der Waals surface area contributed by atoms with Crippen LogP contribution in [0.1, 0.15) is 50.1 Å². The minimum absolute atomic E-state index is 0.241. The first kappa shape index (κ1) is 16.4. The van der Waals surface area contributed by atoms with Crippen molar-refractivity contribution in [3.63, 3.8) is 0 Å². The van der Waals surface area contributed by atoms with Gasteiger partial charge in [0, 0.05) is 44.4 Å². The van der Waals surface area contributed by atoms with E-state index in [0.29, 0.717) is 24.9 Å². The average Bonchev–Trinajstić information content (AvgIpc) is 3.35. The van der Waals surface area contributed by atoms with Crippen molar-refractivity contribution < 1.29 is 4.79 Å². The van der Waals surface area contributed by atoms with Gasteiger partial charge in [0.2, 0.25) is 5.91 Å². The molecular formula is C18H26N6O.